The van der Waals surface area contributed by atoms with E-state index in [4.69, 9.17) is 4.74 Å². The molecule has 0 saturated carbocycles. The summed E-state index contributed by atoms with van der Waals surface area (Å²) < 4.78 is 5.13. The van der Waals surface area contributed by atoms with E-state index in [1.165, 1.54) is 30.8 Å². The lowest BCUT2D eigenvalue weighted by molar-refractivity contribution is 0.0679. The number of benzene rings is 2. The summed E-state index contributed by atoms with van der Waals surface area (Å²) in [7, 11) is 1.46. The molecule has 2 rings (SSSR count). The van der Waals surface area contributed by atoms with Crippen molar-refractivity contribution in [2.75, 3.05) is 13.7 Å². The molecule has 0 spiro atoms. The molecule has 2 aromatic rings. The topological polar surface area (TPSA) is 111 Å². The zero-order valence-corrected chi connectivity index (χ0v) is 16.1. The van der Waals surface area contributed by atoms with Crippen LogP contribution in [0.1, 0.15) is 30.6 Å². The predicted octanol–water partition coefficient (Wildman–Crippen LogP) is 2.47. The summed E-state index contributed by atoms with van der Waals surface area (Å²) in [5.74, 6) is -0.585. The SMILES string of the molecule is CNC(=O)OCC(NC(C)CCc1ccccc1)C(O)c1ccc(O)c(O)c1. The number of rotatable bonds is 9. The first kappa shape index (κ1) is 21.5. The van der Waals surface area contributed by atoms with Crippen molar-refractivity contribution in [3.8, 4) is 11.5 Å². The van der Waals surface area contributed by atoms with E-state index in [2.05, 4.69) is 22.8 Å². The van der Waals surface area contributed by atoms with E-state index >= 15 is 0 Å². The maximum absolute atomic E-state index is 11.5. The standard InChI is InChI=1S/C21H28N2O5/c1-14(8-9-15-6-4-3-5-7-15)23-17(13-28-21(27)22-2)20(26)16-10-11-18(24)19(25)12-16/h3-7,10-12,14,17,20,23-26H,8-9,13H2,1-2H3,(H,22,27). The van der Waals surface area contributed by atoms with Gasteiger partial charge in [0.2, 0.25) is 0 Å². The van der Waals surface area contributed by atoms with Gasteiger partial charge < -0.3 is 30.7 Å². The first-order valence-corrected chi connectivity index (χ1v) is 9.25. The number of aliphatic hydroxyl groups is 1. The minimum absolute atomic E-state index is 0.0406. The number of carbonyl (C=O) groups excluding carboxylic acids is 1. The number of hydrogen-bond acceptors (Lipinski definition) is 6. The van der Waals surface area contributed by atoms with E-state index in [1.54, 1.807) is 0 Å². The highest BCUT2D eigenvalue weighted by atomic mass is 16.5. The quantitative estimate of drug-likeness (QED) is 0.422. The number of aliphatic hydroxyl groups excluding tert-OH is 1. The van der Waals surface area contributed by atoms with Gasteiger partial charge in [-0.15, -0.1) is 0 Å². The van der Waals surface area contributed by atoms with E-state index in [9.17, 15) is 20.1 Å². The molecule has 0 radical (unpaired) electrons. The minimum atomic E-state index is -1.05. The molecular formula is C21H28N2O5. The predicted molar refractivity (Wildman–Crippen MR) is 106 cm³/mol. The van der Waals surface area contributed by atoms with Gasteiger partial charge in [-0.05, 0) is 43.0 Å². The summed E-state index contributed by atoms with van der Waals surface area (Å²) in [5, 5.41) is 35.6. The molecule has 1 amide bonds. The smallest absolute Gasteiger partial charge is 0.406 e. The largest absolute Gasteiger partial charge is 0.504 e. The zero-order chi connectivity index (χ0) is 20.5. The summed E-state index contributed by atoms with van der Waals surface area (Å²) in [6.07, 6.45) is 0.0575. The molecule has 7 nitrogen and oxygen atoms in total. The van der Waals surface area contributed by atoms with Gasteiger partial charge >= 0.3 is 6.09 Å². The summed E-state index contributed by atoms with van der Waals surface area (Å²) in [4.78, 5) is 11.5. The van der Waals surface area contributed by atoms with Crippen LogP contribution in [0.5, 0.6) is 11.5 Å². The first-order chi connectivity index (χ1) is 13.4. The monoisotopic (exact) mass is 388 g/mol. The van der Waals surface area contributed by atoms with Gasteiger partial charge in [-0.1, -0.05) is 36.4 Å². The maximum Gasteiger partial charge on any atom is 0.406 e. The average Bonchev–Trinajstić information content (AvgIpc) is 2.71. The molecule has 0 aromatic heterocycles. The number of nitrogens with one attached hydrogen (secondary N) is 2. The number of ether oxygens (including phenoxy) is 1. The molecule has 0 saturated heterocycles. The molecule has 5 N–H and O–H groups in total. The van der Waals surface area contributed by atoms with Crippen molar-refractivity contribution in [1.82, 2.24) is 10.6 Å². The van der Waals surface area contributed by atoms with Crippen molar-refractivity contribution in [3.05, 3.63) is 59.7 Å². The van der Waals surface area contributed by atoms with Crippen LogP contribution in [0, 0.1) is 0 Å². The van der Waals surface area contributed by atoms with Gasteiger partial charge in [-0.25, -0.2) is 4.79 Å². The highest BCUT2D eigenvalue weighted by Gasteiger charge is 2.25. The summed E-state index contributed by atoms with van der Waals surface area (Å²) >= 11 is 0. The van der Waals surface area contributed by atoms with Crippen molar-refractivity contribution in [1.29, 1.82) is 0 Å². The van der Waals surface area contributed by atoms with Crippen LogP contribution in [0.4, 0.5) is 4.79 Å². The number of alkyl carbamates (subject to hydrolysis) is 1. The lowest BCUT2D eigenvalue weighted by Crippen LogP contribution is -2.45. The number of aryl methyl sites for hydroxylation is 1. The van der Waals surface area contributed by atoms with Gasteiger partial charge in [0.1, 0.15) is 6.61 Å². The molecule has 0 aliphatic rings. The molecule has 0 heterocycles. The van der Waals surface area contributed by atoms with E-state index in [0.717, 1.165) is 12.8 Å². The average molecular weight is 388 g/mol. The number of phenols is 2. The van der Waals surface area contributed by atoms with Crippen molar-refractivity contribution in [2.24, 2.45) is 0 Å². The van der Waals surface area contributed by atoms with E-state index in [-0.39, 0.29) is 24.1 Å². The van der Waals surface area contributed by atoms with Gasteiger partial charge in [0.05, 0.1) is 12.1 Å². The van der Waals surface area contributed by atoms with Gasteiger partial charge in [0.15, 0.2) is 11.5 Å². The Morgan fingerprint density at radius 2 is 1.82 bits per heavy atom. The molecule has 0 aliphatic heterocycles. The Morgan fingerprint density at radius 3 is 2.46 bits per heavy atom. The fraction of sp³-hybridized carbons (Fsp3) is 0.381. The Bertz CT molecular complexity index is 754. The summed E-state index contributed by atoms with van der Waals surface area (Å²) in [5.41, 5.74) is 1.63. The molecule has 3 unspecified atom stereocenters. The molecule has 3 atom stereocenters. The summed E-state index contributed by atoms with van der Waals surface area (Å²) in [6, 6.07) is 13.7. The Labute approximate surface area is 165 Å². The second-order valence-corrected chi connectivity index (χ2v) is 6.74. The lowest BCUT2D eigenvalue weighted by atomic mass is 10.00. The third-order valence-electron chi connectivity index (χ3n) is 4.53. The Morgan fingerprint density at radius 1 is 1.11 bits per heavy atom. The van der Waals surface area contributed by atoms with E-state index < -0.39 is 18.2 Å². The third-order valence-corrected chi connectivity index (χ3v) is 4.53. The number of aromatic hydroxyl groups is 2. The first-order valence-electron chi connectivity index (χ1n) is 9.25. The van der Waals surface area contributed by atoms with Crippen molar-refractivity contribution < 1.29 is 24.9 Å². The fourth-order valence-corrected chi connectivity index (χ4v) is 2.90. The molecule has 0 aliphatic carbocycles. The van der Waals surface area contributed by atoms with Crippen LogP contribution in [-0.4, -0.2) is 47.2 Å². The molecule has 0 fully saturated rings. The zero-order valence-electron chi connectivity index (χ0n) is 16.1. The highest BCUT2D eigenvalue weighted by Crippen LogP contribution is 2.29. The van der Waals surface area contributed by atoms with Crippen LogP contribution < -0.4 is 10.6 Å². The van der Waals surface area contributed by atoms with Crippen LogP contribution in [0.15, 0.2) is 48.5 Å². The van der Waals surface area contributed by atoms with E-state index in [1.807, 2.05) is 25.1 Å². The molecule has 0 bridgehead atoms. The minimum Gasteiger partial charge on any atom is -0.504 e. The number of phenolic OH excluding ortho intramolecular Hbond substituents is 2. The molecular weight excluding hydrogens is 360 g/mol. The van der Waals surface area contributed by atoms with Crippen LogP contribution in [-0.2, 0) is 11.2 Å². The molecule has 28 heavy (non-hydrogen) atoms. The van der Waals surface area contributed by atoms with Gasteiger partial charge in [-0.2, -0.15) is 0 Å². The molecule has 152 valence electrons. The fourth-order valence-electron chi connectivity index (χ4n) is 2.90. The summed E-state index contributed by atoms with van der Waals surface area (Å²) in [6.45, 7) is 1.94. The van der Waals surface area contributed by atoms with E-state index in [0.29, 0.717) is 5.56 Å². The van der Waals surface area contributed by atoms with Gasteiger partial charge in [0, 0.05) is 13.1 Å². The number of carbonyl (C=O) groups is 1. The van der Waals surface area contributed by atoms with Gasteiger partial charge in [0.25, 0.3) is 0 Å². The molecule has 7 heteroatoms. The third kappa shape index (κ3) is 6.44. The van der Waals surface area contributed by atoms with Gasteiger partial charge in [-0.3, -0.25) is 0 Å². The van der Waals surface area contributed by atoms with Crippen molar-refractivity contribution in [3.63, 3.8) is 0 Å². The van der Waals surface area contributed by atoms with Crippen molar-refractivity contribution in [2.45, 2.75) is 38.0 Å². The normalized spacial score (nSPS) is 14.1. The Hall–Kier alpha value is -2.77. The molecule has 2 aromatic carbocycles. The van der Waals surface area contributed by atoms with Crippen LogP contribution in [0.25, 0.3) is 0 Å². The second-order valence-electron chi connectivity index (χ2n) is 6.74. The maximum atomic E-state index is 11.5. The van der Waals surface area contributed by atoms with Crippen molar-refractivity contribution >= 4 is 6.09 Å². The Kier molecular flexibility index (Phi) is 8.10. The number of hydrogen-bond donors (Lipinski definition) is 5. The van der Waals surface area contributed by atoms with Crippen LogP contribution in [0.3, 0.4) is 0 Å². The van der Waals surface area contributed by atoms with Crippen LogP contribution >= 0.6 is 0 Å². The second kappa shape index (κ2) is 10.5. The number of amides is 1. The van der Waals surface area contributed by atoms with Crippen LogP contribution in [0.2, 0.25) is 0 Å². The highest BCUT2D eigenvalue weighted by molar-refractivity contribution is 5.66. The Balaban J connectivity index is 2.04. The lowest BCUT2D eigenvalue weighted by Gasteiger charge is -2.28.